The lowest BCUT2D eigenvalue weighted by molar-refractivity contribution is -0.117. The van der Waals surface area contributed by atoms with Gasteiger partial charge < -0.3 is 10.4 Å². The van der Waals surface area contributed by atoms with Gasteiger partial charge in [-0.2, -0.15) is 0 Å². The minimum Gasteiger partial charge on any atom is -0.476 e. The molecule has 1 aromatic rings. The van der Waals surface area contributed by atoms with Crippen molar-refractivity contribution in [1.29, 1.82) is 0 Å². The van der Waals surface area contributed by atoms with E-state index in [1.54, 1.807) is 0 Å². The number of carboxylic acid groups (broad SMARTS) is 1. The van der Waals surface area contributed by atoms with Crippen molar-refractivity contribution in [2.24, 2.45) is 11.8 Å². The lowest BCUT2D eigenvalue weighted by Crippen LogP contribution is -2.18. The molecule has 0 radical (unpaired) electrons. The number of amides is 1. The van der Waals surface area contributed by atoms with Gasteiger partial charge in [0.25, 0.3) is 0 Å². The molecule has 2 unspecified atom stereocenters. The van der Waals surface area contributed by atoms with Gasteiger partial charge in [0.2, 0.25) is 5.91 Å². The maximum atomic E-state index is 11.6. The molecule has 1 amide bonds. The van der Waals surface area contributed by atoms with E-state index in [0.717, 1.165) is 6.42 Å². The molecule has 0 aromatic carbocycles. The highest BCUT2D eigenvalue weighted by Crippen LogP contribution is 2.38. The monoisotopic (exact) mass is 221 g/mol. The lowest BCUT2D eigenvalue weighted by atomic mass is 10.3. The maximum absolute atomic E-state index is 11.6. The number of aromatic carboxylic acids is 1. The first kappa shape index (κ1) is 10.5. The largest absolute Gasteiger partial charge is 0.476 e. The Morgan fingerprint density at radius 1 is 1.44 bits per heavy atom. The summed E-state index contributed by atoms with van der Waals surface area (Å²) >= 11 is 0. The summed E-state index contributed by atoms with van der Waals surface area (Å²) in [5.41, 5.74) is -0.232. The number of hydrogen-bond donors (Lipinski definition) is 2. The minimum absolute atomic E-state index is 0.0131. The van der Waals surface area contributed by atoms with Crippen molar-refractivity contribution < 1.29 is 14.7 Å². The first-order chi connectivity index (χ1) is 7.59. The van der Waals surface area contributed by atoms with Crippen molar-refractivity contribution in [2.75, 3.05) is 5.32 Å². The maximum Gasteiger partial charge on any atom is 0.358 e. The number of aromatic nitrogens is 2. The average molecular weight is 221 g/mol. The zero-order valence-corrected chi connectivity index (χ0v) is 8.67. The highest BCUT2D eigenvalue weighted by Gasteiger charge is 2.39. The zero-order valence-electron chi connectivity index (χ0n) is 8.67. The molecule has 2 rings (SSSR count). The number of nitrogens with one attached hydrogen (secondary N) is 1. The van der Waals surface area contributed by atoms with Gasteiger partial charge in [-0.3, -0.25) is 4.79 Å². The molecule has 1 aliphatic rings. The van der Waals surface area contributed by atoms with Crippen LogP contribution < -0.4 is 5.32 Å². The van der Waals surface area contributed by atoms with E-state index in [-0.39, 0.29) is 23.3 Å². The molecule has 16 heavy (non-hydrogen) atoms. The fourth-order valence-electron chi connectivity index (χ4n) is 1.48. The van der Waals surface area contributed by atoms with E-state index >= 15 is 0 Å². The van der Waals surface area contributed by atoms with Crippen molar-refractivity contribution in [1.82, 2.24) is 9.97 Å². The predicted octanol–water partition coefficient (Wildman–Crippen LogP) is 0.769. The summed E-state index contributed by atoms with van der Waals surface area (Å²) in [5.74, 6) is -1.03. The van der Waals surface area contributed by atoms with E-state index < -0.39 is 5.97 Å². The number of nitrogens with zero attached hydrogens (tertiary/aromatic N) is 2. The lowest BCUT2D eigenvalue weighted by Gasteiger charge is -2.05. The molecule has 0 spiro atoms. The van der Waals surface area contributed by atoms with E-state index in [9.17, 15) is 9.59 Å². The molecule has 0 saturated heterocycles. The number of anilines is 1. The normalized spacial score (nSPS) is 22.6. The fourth-order valence-corrected chi connectivity index (χ4v) is 1.48. The Balaban J connectivity index is 2.14. The summed E-state index contributed by atoms with van der Waals surface area (Å²) < 4.78 is 0. The third kappa shape index (κ3) is 2.00. The molecule has 1 aromatic heterocycles. The van der Waals surface area contributed by atoms with Crippen LogP contribution in [0.1, 0.15) is 23.8 Å². The van der Waals surface area contributed by atoms with Crippen molar-refractivity contribution >= 4 is 17.7 Å². The van der Waals surface area contributed by atoms with E-state index in [2.05, 4.69) is 15.3 Å². The van der Waals surface area contributed by atoms with Crippen LogP contribution in [0.25, 0.3) is 0 Å². The van der Waals surface area contributed by atoms with Gasteiger partial charge in [0.1, 0.15) is 0 Å². The third-order valence-electron chi connectivity index (χ3n) is 2.59. The standard InChI is InChI=1S/C10H11N3O3/c1-5-4-6(5)9(14)13-8-7(10(15)16)11-2-3-12-8/h2-3,5-6H,4H2,1H3,(H,15,16)(H,12,13,14). The Labute approximate surface area is 91.7 Å². The number of carbonyl (C=O) groups excluding carboxylic acids is 1. The van der Waals surface area contributed by atoms with Gasteiger partial charge in [-0.1, -0.05) is 6.92 Å². The van der Waals surface area contributed by atoms with Crippen LogP contribution in [-0.2, 0) is 4.79 Å². The summed E-state index contributed by atoms with van der Waals surface area (Å²) in [6, 6.07) is 0. The molecule has 1 heterocycles. The molecule has 1 fully saturated rings. The first-order valence-corrected chi connectivity index (χ1v) is 4.94. The van der Waals surface area contributed by atoms with Crippen LogP contribution in [0, 0.1) is 11.8 Å². The first-order valence-electron chi connectivity index (χ1n) is 4.94. The number of hydrogen-bond acceptors (Lipinski definition) is 4. The van der Waals surface area contributed by atoms with E-state index in [1.807, 2.05) is 6.92 Å². The second-order valence-corrected chi connectivity index (χ2v) is 3.87. The van der Waals surface area contributed by atoms with Crippen LogP contribution in [0.4, 0.5) is 5.82 Å². The molecular weight excluding hydrogens is 210 g/mol. The third-order valence-corrected chi connectivity index (χ3v) is 2.59. The summed E-state index contributed by atoms with van der Waals surface area (Å²) in [6.07, 6.45) is 3.46. The van der Waals surface area contributed by atoms with Crippen LogP contribution in [0.5, 0.6) is 0 Å². The van der Waals surface area contributed by atoms with Gasteiger partial charge in [0.15, 0.2) is 11.5 Å². The van der Waals surface area contributed by atoms with Gasteiger partial charge in [0, 0.05) is 18.3 Å². The second kappa shape index (κ2) is 3.88. The van der Waals surface area contributed by atoms with Gasteiger partial charge in [-0.15, -0.1) is 0 Å². The molecular formula is C10H11N3O3. The van der Waals surface area contributed by atoms with Crippen molar-refractivity contribution in [3.8, 4) is 0 Å². The molecule has 1 saturated carbocycles. The van der Waals surface area contributed by atoms with Gasteiger partial charge in [-0.25, -0.2) is 14.8 Å². The van der Waals surface area contributed by atoms with E-state index in [0.29, 0.717) is 5.92 Å². The smallest absolute Gasteiger partial charge is 0.358 e. The Hall–Kier alpha value is -1.98. The highest BCUT2D eigenvalue weighted by atomic mass is 16.4. The minimum atomic E-state index is -1.20. The van der Waals surface area contributed by atoms with Crippen LogP contribution >= 0.6 is 0 Å². The number of rotatable bonds is 3. The van der Waals surface area contributed by atoms with Crippen LogP contribution in [-0.4, -0.2) is 27.0 Å². The molecule has 2 atom stereocenters. The van der Waals surface area contributed by atoms with Crippen molar-refractivity contribution in [3.05, 3.63) is 18.1 Å². The molecule has 1 aliphatic carbocycles. The van der Waals surface area contributed by atoms with E-state index in [1.165, 1.54) is 12.4 Å². The Morgan fingerprint density at radius 3 is 2.62 bits per heavy atom. The molecule has 6 heteroatoms. The molecule has 2 N–H and O–H groups in total. The molecule has 6 nitrogen and oxygen atoms in total. The number of carboxylic acids is 1. The van der Waals surface area contributed by atoms with Crippen LogP contribution in [0.2, 0.25) is 0 Å². The number of carbonyl (C=O) groups is 2. The van der Waals surface area contributed by atoms with Gasteiger partial charge >= 0.3 is 5.97 Å². The molecule has 0 aliphatic heterocycles. The zero-order chi connectivity index (χ0) is 11.7. The summed E-state index contributed by atoms with van der Waals surface area (Å²) in [6.45, 7) is 1.97. The van der Waals surface area contributed by atoms with Gasteiger partial charge in [0.05, 0.1) is 0 Å². The SMILES string of the molecule is CC1CC1C(=O)Nc1nccnc1C(=O)O. The van der Waals surface area contributed by atoms with Crippen LogP contribution in [0.15, 0.2) is 12.4 Å². The summed E-state index contributed by atoms with van der Waals surface area (Å²) in [5, 5.41) is 11.3. The Morgan fingerprint density at radius 2 is 2.06 bits per heavy atom. The summed E-state index contributed by atoms with van der Waals surface area (Å²) in [7, 11) is 0. The van der Waals surface area contributed by atoms with Gasteiger partial charge in [-0.05, 0) is 12.3 Å². The summed E-state index contributed by atoms with van der Waals surface area (Å²) in [4.78, 5) is 29.8. The fraction of sp³-hybridized carbons (Fsp3) is 0.400. The van der Waals surface area contributed by atoms with Crippen molar-refractivity contribution in [2.45, 2.75) is 13.3 Å². The average Bonchev–Trinajstić information content (AvgIpc) is 2.96. The van der Waals surface area contributed by atoms with Crippen LogP contribution in [0.3, 0.4) is 0 Å². The van der Waals surface area contributed by atoms with E-state index in [4.69, 9.17) is 5.11 Å². The predicted molar refractivity (Wildman–Crippen MR) is 54.9 cm³/mol. The van der Waals surface area contributed by atoms with Crippen molar-refractivity contribution in [3.63, 3.8) is 0 Å². The molecule has 84 valence electrons. The highest BCUT2D eigenvalue weighted by molar-refractivity contribution is 5.99. The Kier molecular flexibility index (Phi) is 2.55. The topological polar surface area (TPSA) is 92.2 Å². The Bertz CT molecular complexity index is 447. The second-order valence-electron chi connectivity index (χ2n) is 3.87. The molecule has 0 bridgehead atoms. The quantitative estimate of drug-likeness (QED) is 0.786.